The minimum atomic E-state index is -0.859. The van der Waals surface area contributed by atoms with Crippen LogP contribution in [0.3, 0.4) is 0 Å². The SMILES string of the molecule is CCOc1cc(C=Nn2c(-c3ccccc3)nc3ccccc3c2=O)c(Br)c(Br)c1O[C@H](C)C(=O)OC. The van der Waals surface area contributed by atoms with E-state index in [0.29, 0.717) is 49.3 Å². The molecule has 1 atom stereocenters. The number of aromatic nitrogens is 2. The Bertz CT molecular complexity index is 1540. The van der Waals surface area contributed by atoms with Crippen molar-refractivity contribution in [3.8, 4) is 22.9 Å². The quantitative estimate of drug-likeness (QED) is 0.181. The van der Waals surface area contributed by atoms with Crippen molar-refractivity contribution in [2.45, 2.75) is 20.0 Å². The number of hydrogen-bond acceptors (Lipinski definition) is 7. The average molecular weight is 629 g/mol. The number of carbonyl (C=O) groups excluding carboxylic acids is 1. The van der Waals surface area contributed by atoms with Crippen molar-refractivity contribution in [3.63, 3.8) is 0 Å². The summed E-state index contributed by atoms with van der Waals surface area (Å²) in [6, 6.07) is 18.2. The lowest BCUT2D eigenvalue weighted by Crippen LogP contribution is -2.25. The van der Waals surface area contributed by atoms with Crippen molar-refractivity contribution < 1.29 is 19.0 Å². The van der Waals surface area contributed by atoms with E-state index >= 15 is 0 Å². The minimum Gasteiger partial charge on any atom is -0.490 e. The molecule has 0 amide bonds. The molecule has 0 spiro atoms. The third-order valence-corrected chi connectivity index (χ3v) is 7.52. The second-order valence-corrected chi connectivity index (χ2v) is 9.40. The molecule has 0 fully saturated rings. The van der Waals surface area contributed by atoms with Crippen LogP contribution in [0.2, 0.25) is 0 Å². The molecule has 0 aliphatic rings. The molecule has 4 aromatic rings. The lowest BCUT2D eigenvalue weighted by atomic mass is 10.2. The molecule has 190 valence electrons. The number of halogens is 2. The second kappa shape index (κ2) is 11.7. The summed E-state index contributed by atoms with van der Waals surface area (Å²) in [5.41, 5.74) is 1.64. The number of hydrogen-bond donors (Lipinski definition) is 0. The first-order chi connectivity index (χ1) is 17.8. The zero-order valence-corrected chi connectivity index (χ0v) is 23.4. The maximum Gasteiger partial charge on any atom is 0.346 e. The minimum absolute atomic E-state index is 0.298. The van der Waals surface area contributed by atoms with Crippen LogP contribution in [0.15, 0.2) is 79.5 Å². The lowest BCUT2D eigenvalue weighted by Gasteiger charge is -2.19. The predicted octanol–water partition coefficient (Wildman–Crippen LogP) is 5.81. The van der Waals surface area contributed by atoms with Gasteiger partial charge < -0.3 is 14.2 Å². The Kier molecular flexibility index (Phi) is 8.40. The molecule has 3 aromatic carbocycles. The van der Waals surface area contributed by atoms with Crippen LogP contribution < -0.4 is 15.0 Å². The van der Waals surface area contributed by atoms with E-state index in [0.717, 1.165) is 5.56 Å². The van der Waals surface area contributed by atoms with Crippen LogP contribution in [0.1, 0.15) is 19.4 Å². The van der Waals surface area contributed by atoms with Crippen LogP contribution in [0.25, 0.3) is 22.3 Å². The molecule has 0 bridgehead atoms. The summed E-state index contributed by atoms with van der Waals surface area (Å²) in [5, 5.41) is 4.99. The highest BCUT2D eigenvalue weighted by atomic mass is 79.9. The molecule has 8 nitrogen and oxygen atoms in total. The van der Waals surface area contributed by atoms with Gasteiger partial charge in [-0.1, -0.05) is 42.5 Å². The fourth-order valence-corrected chi connectivity index (χ4v) is 4.50. The highest BCUT2D eigenvalue weighted by molar-refractivity contribution is 9.13. The van der Waals surface area contributed by atoms with Crippen molar-refractivity contribution in [2.24, 2.45) is 5.10 Å². The number of benzene rings is 3. The zero-order chi connectivity index (χ0) is 26.5. The summed E-state index contributed by atoms with van der Waals surface area (Å²) in [5.74, 6) is 0.612. The number of methoxy groups -OCH3 is 1. The smallest absolute Gasteiger partial charge is 0.346 e. The Morgan fingerprint density at radius 1 is 1.11 bits per heavy atom. The second-order valence-electron chi connectivity index (χ2n) is 7.82. The highest BCUT2D eigenvalue weighted by Gasteiger charge is 2.23. The van der Waals surface area contributed by atoms with Gasteiger partial charge in [0.1, 0.15) is 0 Å². The summed E-state index contributed by atoms with van der Waals surface area (Å²) in [6.45, 7) is 3.78. The highest BCUT2D eigenvalue weighted by Crippen LogP contribution is 2.43. The van der Waals surface area contributed by atoms with E-state index in [-0.39, 0.29) is 5.56 Å². The Morgan fingerprint density at radius 2 is 1.81 bits per heavy atom. The van der Waals surface area contributed by atoms with Crippen LogP contribution in [0, 0.1) is 0 Å². The molecule has 10 heteroatoms. The predicted molar refractivity (Wildman–Crippen MR) is 150 cm³/mol. The standard InChI is InChI=1S/C27H23Br2N3O5/c1-4-36-21-14-18(22(28)23(29)24(21)37-16(2)27(34)35-3)15-30-32-25(17-10-6-5-7-11-17)31-20-13-9-8-12-19(20)26(32)33/h5-16H,4H2,1-3H3/t16-/m1/s1. The van der Waals surface area contributed by atoms with Crippen LogP contribution in [0.5, 0.6) is 11.5 Å². The van der Waals surface area contributed by atoms with Gasteiger partial charge in [-0.05, 0) is 63.9 Å². The summed E-state index contributed by atoms with van der Waals surface area (Å²) < 4.78 is 18.8. The van der Waals surface area contributed by atoms with Crippen molar-refractivity contribution in [2.75, 3.05) is 13.7 Å². The van der Waals surface area contributed by atoms with Gasteiger partial charge in [-0.3, -0.25) is 4.79 Å². The van der Waals surface area contributed by atoms with Crippen molar-refractivity contribution in [1.82, 2.24) is 9.66 Å². The summed E-state index contributed by atoms with van der Waals surface area (Å²) >= 11 is 7.09. The molecule has 1 aromatic heterocycles. The van der Waals surface area contributed by atoms with Crippen LogP contribution in [0.4, 0.5) is 0 Å². The van der Waals surface area contributed by atoms with Gasteiger partial charge in [-0.2, -0.15) is 9.78 Å². The summed E-state index contributed by atoms with van der Waals surface area (Å²) in [7, 11) is 1.30. The molecular formula is C27H23Br2N3O5. The molecule has 4 rings (SSSR count). The van der Waals surface area contributed by atoms with Gasteiger partial charge in [0, 0.05) is 15.6 Å². The van der Waals surface area contributed by atoms with Crippen molar-refractivity contribution in [1.29, 1.82) is 0 Å². The number of fused-ring (bicyclic) bond motifs is 1. The molecule has 0 radical (unpaired) electrons. The van der Waals surface area contributed by atoms with E-state index in [1.807, 2.05) is 43.3 Å². The number of carbonyl (C=O) groups is 1. The Hall–Kier alpha value is -3.50. The Morgan fingerprint density at radius 3 is 2.51 bits per heavy atom. The molecule has 0 unspecified atom stereocenters. The zero-order valence-electron chi connectivity index (χ0n) is 20.3. The third-order valence-electron chi connectivity index (χ3n) is 5.38. The first-order valence-electron chi connectivity index (χ1n) is 11.4. The molecule has 37 heavy (non-hydrogen) atoms. The number of esters is 1. The number of rotatable bonds is 8. The number of ether oxygens (including phenoxy) is 3. The molecule has 0 N–H and O–H groups in total. The van der Waals surface area contributed by atoms with Gasteiger partial charge in [-0.25, -0.2) is 9.78 Å². The molecule has 0 aliphatic heterocycles. The maximum atomic E-state index is 13.4. The Balaban J connectivity index is 1.84. The average Bonchev–Trinajstić information content (AvgIpc) is 2.92. The summed E-state index contributed by atoms with van der Waals surface area (Å²) in [4.78, 5) is 30.1. The van der Waals surface area contributed by atoms with E-state index in [9.17, 15) is 9.59 Å². The fourth-order valence-electron chi connectivity index (χ4n) is 3.59. The van der Waals surface area contributed by atoms with Gasteiger partial charge in [0.25, 0.3) is 5.56 Å². The molecular weight excluding hydrogens is 606 g/mol. The van der Waals surface area contributed by atoms with E-state index in [2.05, 4.69) is 37.0 Å². The Labute approximate surface area is 230 Å². The van der Waals surface area contributed by atoms with Gasteiger partial charge in [-0.15, -0.1) is 0 Å². The van der Waals surface area contributed by atoms with E-state index in [1.165, 1.54) is 18.0 Å². The molecule has 0 saturated carbocycles. The first-order valence-corrected chi connectivity index (χ1v) is 12.9. The number of para-hydroxylation sites is 1. The van der Waals surface area contributed by atoms with Crippen LogP contribution in [-0.2, 0) is 9.53 Å². The largest absolute Gasteiger partial charge is 0.490 e. The molecule has 0 aliphatic carbocycles. The van der Waals surface area contributed by atoms with Crippen LogP contribution >= 0.6 is 31.9 Å². The maximum absolute atomic E-state index is 13.4. The van der Waals surface area contributed by atoms with Crippen molar-refractivity contribution >= 4 is 54.9 Å². The van der Waals surface area contributed by atoms with Gasteiger partial charge in [0.15, 0.2) is 23.4 Å². The van der Waals surface area contributed by atoms with E-state index in [4.69, 9.17) is 19.2 Å². The van der Waals surface area contributed by atoms with E-state index < -0.39 is 12.1 Å². The topological polar surface area (TPSA) is 92.0 Å². The van der Waals surface area contributed by atoms with Gasteiger partial charge >= 0.3 is 5.97 Å². The molecule has 0 saturated heterocycles. The lowest BCUT2D eigenvalue weighted by molar-refractivity contribution is -0.148. The van der Waals surface area contributed by atoms with E-state index in [1.54, 1.807) is 31.2 Å². The summed E-state index contributed by atoms with van der Waals surface area (Å²) in [6.07, 6.45) is 0.678. The monoisotopic (exact) mass is 627 g/mol. The number of nitrogens with zero attached hydrogens (tertiary/aromatic N) is 3. The van der Waals surface area contributed by atoms with Crippen molar-refractivity contribution in [3.05, 3.63) is 85.5 Å². The van der Waals surface area contributed by atoms with Gasteiger partial charge in [0.2, 0.25) is 0 Å². The van der Waals surface area contributed by atoms with Gasteiger partial charge in [0.05, 0.1) is 35.3 Å². The normalized spacial score (nSPS) is 12.0. The third kappa shape index (κ3) is 5.60. The first kappa shape index (κ1) is 26.6. The van der Waals surface area contributed by atoms with Crippen LogP contribution in [-0.4, -0.2) is 41.7 Å². The molecule has 1 heterocycles. The fraction of sp³-hybridized carbons (Fsp3) is 0.185.